The molecular formula is C13H20N2O3S. The molecule has 1 heterocycles. The Morgan fingerprint density at radius 3 is 2.89 bits per heavy atom. The third-order valence-corrected chi connectivity index (χ3v) is 5.30. The van der Waals surface area contributed by atoms with E-state index in [-0.39, 0.29) is 18.3 Å². The standard InChI is InChI=1S/C13H20N2O3S/c14-13-3-1-2-12(8-13)10-19(17,18)15-6-4-11(9-15)5-7-16/h1-3,8,11,16H,4-7,9-10,14H2. The molecule has 1 aromatic carbocycles. The molecule has 1 aliphatic rings. The van der Waals surface area contributed by atoms with Gasteiger partial charge in [0.2, 0.25) is 10.0 Å². The molecule has 1 fully saturated rings. The summed E-state index contributed by atoms with van der Waals surface area (Å²) in [6.07, 6.45) is 1.50. The lowest BCUT2D eigenvalue weighted by Crippen LogP contribution is -2.30. The maximum atomic E-state index is 12.3. The average Bonchev–Trinajstić information content (AvgIpc) is 2.78. The lowest BCUT2D eigenvalue weighted by Gasteiger charge is -2.16. The molecule has 1 unspecified atom stereocenters. The van der Waals surface area contributed by atoms with Crippen LogP contribution in [0.25, 0.3) is 0 Å². The van der Waals surface area contributed by atoms with Crippen molar-refractivity contribution in [3.8, 4) is 0 Å². The highest BCUT2D eigenvalue weighted by atomic mass is 32.2. The van der Waals surface area contributed by atoms with Crippen LogP contribution >= 0.6 is 0 Å². The van der Waals surface area contributed by atoms with Gasteiger partial charge in [0.05, 0.1) is 5.75 Å². The van der Waals surface area contributed by atoms with Crippen molar-refractivity contribution in [2.45, 2.75) is 18.6 Å². The van der Waals surface area contributed by atoms with Crippen LogP contribution in [0.15, 0.2) is 24.3 Å². The highest BCUT2D eigenvalue weighted by Crippen LogP contribution is 2.24. The summed E-state index contributed by atoms with van der Waals surface area (Å²) in [7, 11) is -3.28. The van der Waals surface area contributed by atoms with Gasteiger partial charge in [0.15, 0.2) is 0 Å². The number of rotatable bonds is 5. The second-order valence-corrected chi connectivity index (χ2v) is 7.00. The molecule has 1 atom stereocenters. The van der Waals surface area contributed by atoms with E-state index in [2.05, 4.69) is 0 Å². The van der Waals surface area contributed by atoms with Crippen LogP contribution in [0, 0.1) is 5.92 Å². The Bertz CT molecular complexity index is 530. The van der Waals surface area contributed by atoms with Gasteiger partial charge in [0.25, 0.3) is 0 Å². The van der Waals surface area contributed by atoms with Crippen molar-refractivity contribution >= 4 is 15.7 Å². The molecule has 6 heteroatoms. The van der Waals surface area contributed by atoms with Crippen molar-refractivity contribution in [3.05, 3.63) is 29.8 Å². The van der Waals surface area contributed by atoms with E-state index < -0.39 is 10.0 Å². The van der Waals surface area contributed by atoms with Crippen LogP contribution in [-0.4, -0.2) is 37.5 Å². The second kappa shape index (κ2) is 5.90. The average molecular weight is 284 g/mol. The summed E-state index contributed by atoms with van der Waals surface area (Å²) in [4.78, 5) is 0. The maximum absolute atomic E-state index is 12.3. The second-order valence-electron chi connectivity index (χ2n) is 5.03. The summed E-state index contributed by atoms with van der Waals surface area (Å²) in [5, 5.41) is 8.90. The van der Waals surface area contributed by atoms with E-state index in [4.69, 9.17) is 10.8 Å². The molecule has 5 nitrogen and oxygen atoms in total. The van der Waals surface area contributed by atoms with Gasteiger partial charge in [-0.3, -0.25) is 0 Å². The zero-order valence-corrected chi connectivity index (χ0v) is 11.6. The summed E-state index contributed by atoms with van der Waals surface area (Å²) in [6, 6.07) is 6.97. The molecule has 2 rings (SSSR count). The SMILES string of the molecule is Nc1cccc(CS(=O)(=O)N2CCC(CCO)C2)c1. The van der Waals surface area contributed by atoms with Gasteiger partial charge in [-0.15, -0.1) is 0 Å². The first-order chi connectivity index (χ1) is 9.01. The van der Waals surface area contributed by atoms with E-state index in [0.717, 1.165) is 6.42 Å². The summed E-state index contributed by atoms with van der Waals surface area (Å²) in [5.74, 6) is 0.268. The molecule has 19 heavy (non-hydrogen) atoms. The number of sulfonamides is 1. The number of nitrogens with two attached hydrogens (primary N) is 1. The van der Waals surface area contributed by atoms with Gasteiger partial charge in [-0.05, 0) is 36.5 Å². The minimum atomic E-state index is -3.28. The largest absolute Gasteiger partial charge is 0.399 e. The Labute approximate surface area is 114 Å². The maximum Gasteiger partial charge on any atom is 0.218 e. The minimum Gasteiger partial charge on any atom is -0.399 e. The molecule has 0 aromatic heterocycles. The van der Waals surface area contributed by atoms with Crippen LogP contribution in [0.4, 0.5) is 5.69 Å². The van der Waals surface area contributed by atoms with E-state index >= 15 is 0 Å². The molecule has 0 radical (unpaired) electrons. The predicted octanol–water partition coefficient (Wildman–Crippen LogP) is 0.803. The highest BCUT2D eigenvalue weighted by Gasteiger charge is 2.30. The summed E-state index contributed by atoms with van der Waals surface area (Å²) in [5.41, 5.74) is 6.95. The molecule has 1 saturated heterocycles. The third kappa shape index (κ3) is 3.68. The lowest BCUT2D eigenvalue weighted by molar-refractivity contribution is 0.259. The molecule has 0 amide bonds. The Kier molecular flexibility index (Phi) is 4.44. The van der Waals surface area contributed by atoms with Gasteiger partial charge in [-0.1, -0.05) is 12.1 Å². The molecule has 1 aliphatic heterocycles. The van der Waals surface area contributed by atoms with Crippen LogP contribution in [0.2, 0.25) is 0 Å². The number of aliphatic hydroxyl groups is 1. The molecule has 0 bridgehead atoms. The van der Waals surface area contributed by atoms with Crippen molar-refractivity contribution in [1.29, 1.82) is 0 Å². The van der Waals surface area contributed by atoms with Gasteiger partial charge < -0.3 is 10.8 Å². The van der Waals surface area contributed by atoms with Crippen LogP contribution < -0.4 is 5.73 Å². The number of aliphatic hydroxyl groups excluding tert-OH is 1. The van der Waals surface area contributed by atoms with Crippen LogP contribution in [0.1, 0.15) is 18.4 Å². The lowest BCUT2D eigenvalue weighted by atomic mass is 10.1. The van der Waals surface area contributed by atoms with Gasteiger partial charge in [-0.2, -0.15) is 0 Å². The highest BCUT2D eigenvalue weighted by molar-refractivity contribution is 7.88. The quantitative estimate of drug-likeness (QED) is 0.784. The molecule has 0 saturated carbocycles. The number of hydrogen-bond donors (Lipinski definition) is 2. The number of nitrogens with zero attached hydrogens (tertiary/aromatic N) is 1. The van der Waals surface area contributed by atoms with Crippen molar-refractivity contribution in [2.24, 2.45) is 5.92 Å². The van der Waals surface area contributed by atoms with Gasteiger partial charge in [0, 0.05) is 25.4 Å². The molecule has 106 valence electrons. The van der Waals surface area contributed by atoms with E-state index in [1.807, 2.05) is 0 Å². The molecule has 3 N–H and O–H groups in total. The van der Waals surface area contributed by atoms with Crippen molar-refractivity contribution in [2.75, 3.05) is 25.4 Å². The van der Waals surface area contributed by atoms with E-state index in [1.54, 1.807) is 24.3 Å². The Balaban J connectivity index is 2.03. The van der Waals surface area contributed by atoms with Crippen molar-refractivity contribution in [1.82, 2.24) is 4.31 Å². The summed E-state index contributed by atoms with van der Waals surface area (Å²) < 4.78 is 26.1. The van der Waals surface area contributed by atoms with Gasteiger partial charge in [0.1, 0.15) is 0 Å². The van der Waals surface area contributed by atoms with Crippen LogP contribution in [0.3, 0.4) is 0 Å². The number of nitrogen functional groups attached to an aromatic ring is 1. The van der Waals surface area contributed by atoms with E-state index in [9.17, 15) is 8.42 Å². The number of benzene rings is 1. The summed E-state index contributed by atoms with van der Waals surface area (Å²) in [6.45, 7) is 1.19. The van der Waals surface area contributed by atoms with E-state index in [1.165, 1.54) is 4.31 Å². The van der Waals surface area contributed by atoms with Crippen LogP contribution in [-0.2, 0) is 15.8 Å². The zero-order valence-electron chi connectivity index (χ0n) is 10.8. The zero-order chi connectivity index (χ0) is 13.9. The predicted molar refractivity (Wildman–Crippen MR) is 74.9 cm³/mol. The minimum absolute atomic E-state index is 0.0100. The van der Waals surface area contributed by atoms with Gasteiger partial charge in [-0.25, -0.2) is 12.7 Å². The van der Waals surface area contributed by atoms with Crippen molar-refractivity contribution in [3.63, 3.8) is 0 Å². The number of anilines is 1. The first-order valence-corrected chi connectivity index (χ1v) is 8.05. The fraction of sp³-hybridized carbons (Fsp3) is 0.538. The first-order valence-electron chi connectivity index (χ1n) is 6.44. The molecule has 0 spiro atoms. The number of hydrogen-bond acceptors (Lipinski definition) is 4. The topological polar surface area (TPSA) is 83.6 Å². The van der Waals surface area contributed by atoms with Gasteiger partial charge >= 0.3 is 0 Å². The Hall–Kier alpha value is -1.11. The summed E-state index contributed by atoms with van der Waals surface area (Å²) >= 11 is 0. The first kappa shape index (κ1) is 14.3. The Morgan fingerprint density at radius 1 is 1.42 bits per heavy atom. The normalized spacial score (nSPS) is 20.8. The van der Waals surface area contributed by atoms with Crippen molar-refractivity contribution < 1.29 is 13.5 Å². The Morgan fingerprint density at radius 2 is 2.21 bits per heavy atom. The monoisotopic (exact) mass is 284 g/mol. The fourth-order valence-electron chi connectivity index (χ4n) is 2.45. The molecular weight excluding hydrogens is 264 g/mol. The molecule has 0 aliphatic carbocycles. The smallest absolute Gasteiger partial charge is 0.218 e. The fourth-order valence-corrected chi connectivity index (χ4v) is 4.06. The van der Waals surface area contributed by atoms with Crippen LogP contribution in [0.5, 0.6) is 0 Å². The molecule has 1 aromatic rings. The van der Waals surface area contributed by atoms with E-state index in [0.29, 0.717) is 30.8 Å². The third-order valence-electron chi connectivity index (χ3n) is 3.48.